The van der Waals surface area contributed by atoms with Crippen LogP contribution in [0.15, 0.2) is 42.9 Å². The monoisotopic (exact) mass is 366 g/mol. The lowest BCUT2D eigenvalue weighted by Gasteiger charge is -2.33. The molecule has 0 aliphatic carbocycles. The summed E-state index contributed by atoms with van der Waals surface area (Å²) in [7, 11) is 0. The highest BCUT2D eigenvalue weighted by Crippen LogP contribution is 2.39. The van der Waals surface area contributed by atoms with E-state index in [0.29, 0.717) is 23.5 Å². The van der Waals surface area contributed by atoms with Gasteiger partial charge in [0.25, 0.3) is 11.8 Å². The Hall–Kier alpha value is -2.80. The van der Waals surface area contributed by atoms with Crippen LogP contribution in [-0.2, 0) is 0 Å². The number of carbonyl (C=O) groups excluding carboxylic acids is 2. The number of thiophene rings is 1. The molecular weight excluding hydrogens is 348 g/mol. The van der Waals surface area contributed by atoms with E-state index in [4.69, 9.17) is 5.73 Å². The Morgan fingerprint density at radius 3 is 2.77 bits per heavy atom. The molecule has 1 atom stereocenters. The molecule has 1 fully saturated rings. The zero-order valence-corrected chi connectivity index (χ0v) is 14.9. The first kappa shape index (κ1) is 16.7. The van der Waals surface area contributed by atoms with Gasteiger partial charge < -0.3 is 10.6 Å². The van der Waals surface area contributed by atoms with Gasteiger partial charge in [-0.3, -0.25) is 14.6 Å². The van der Waals surface area contributed by atoms with Crippen LogP contribution in [0.3, 0.4) is 0 Å². The second kappa shape index (κ2) is 6.84. The number of aromatic nitrogens is 2. The summed E-state index contributed by atoms with van der Waals surface area (Å²) >= 11 is 1.33. The lowest BCUT2D eigenvalue weighted by atomic mass is 9.88. The van der Waals surface area contributed by atoms with Gasteiger partial charge in [-0.2, -0.15) is 0 Å². The quantitative estimate of drug-likeness (QED) is 0.772. The predicted molar refractivity (Wildman–Crippen MR) is 100 cm³/mol. The zero-order chi connectivity index (χ0) is 18.1. The first-order chi connectivity index (χ1) is 12.6. The van der Waals surface area contributed by atoms with Gasteiger partial charge in [0.05, 0.1) is 4.88 Å². The van der Waals surface area contributed by atoms with Crippen LogP contribution in [0.5, 0.6) is 0 Å². The summed E-state index contributed by atoms with van der Waals surface area (Å²) in [6.07, 6.45) is 6.77. The number of fused-ring (bicyclic) bond motifs is 1. The van der Waals surface area contributed by atoms with Crippen molar-refractivity contribution in [3.05, 3.63) is 58.9 Å². The van der Waals surface area contributed by atoms with Crippen molar-refractivity contribution in [3.63, 3.8) is 0 Å². The van der Waals surface area contributed by atoms with E-state index in [-0.39, 0.29) is 11.8 Å². The number of hydrogen-bond donors (Lipinski definition) is 1. The highest BCUT2D eigenvalue weighted by Gasteiger charge is 2.30. The predicted octanol–water partition coefficient (Wildman–Crippen LogP) is 2.81. The number of rotatable bonds is 3. The van der Waals surface area contributed by atoms with Crippen LogP contribution in [0, 0.1) is 0 Å². The molecule has 4 heterocycles. The molecule has 132 valence electrons. The Morgan fingerprint density at radius 2 is 2.00 bits per heavy atom. The van der Waals surface area contributed by atoms with Gasteiger partial charge in [-0.05, 0) is 36.6 Å². The van der Waals surface area contributed by atoms with Crippen molar-refractivity contribution in [2.45, 2.75) is 18.8 Å². The minimum atomic E-state index is -0.430. The smallest absolute Gasteiger partial charge is 0.259 e. The standard InChI is InChI=1S/C19H18N4O2S/c20-17(24)16-15(14-4-1-7-22-18(14)26-16)13-3-2-10-23(11-13)19(25)12-5-8-21-9-6-12/h1,4-9,13H,2-3,10-11H2,(H2,20,24)/t13-/m1/s1. The Labute approximate surface area is 154 Å². The summed E-state index contributed by atoms with van der Waals surface area (Å²) in [5, 5.41) is 0.967. The molecule has 0 bridgehead atoms. The van der Waals surface area contributed by atoms with E-state index in [2.05, 4.69) is 9.97 Å². The molecule has 1 saturated heterocycles. The van der Waals surface area contributed by atoms with Crippen molar-refractivity contribution in [1.82, 2.24) is 14.9 Å². The molecule has 0 radical (unpaired) electrons. The second-order valence-electron chi connectivity index (χ2n) is 6.39. The third-order valence-corrected chi connectivity index (χ3v) is 5.92. The first-order valence-corrected chi connectivity index (χ1v) is 9.33. The number of hydrogen-bond acceptors (Lipinski definition) is 5. The van der Waals surface area contributed by atoms with Crippen molar-refractivity contribution in [2.24, 2.45) is 5.73 Å². The average Bonchev–Trinajstić information content (AvgIpc) is 3.08. The minimum Gasteiger partial charge on any atom is -0.365 e. The van der Waals surface area contributed by atoms with Crippen molar-refractivity contribution in [2.75, 3.05) is 13.1 Å². The van der Waals surface area contributed by atoms with E-state index < -0.39 is 5.91 Å². The number of pyridine rings is 2. The van der Waals surface area contributed by atoms with Gasteiger partial charge >= 0.3 is 0 Å². The van der Waals surface area contributed by atoms with Gasteiger partial charge in [0.15, 0.2) is 0 Å². The number of piperidine rings is 1. The van der Waals surface area contributed by atoms with Gasteiger partial charge in [-0.15, -0.1) is 11.3 Å². The van der Waals surface area contributed by atoms with Crippen LogP contribution in [0.25, 0.3) is 10.2 Å². The summed E-state index contributed by atoms with van der Waals surface area (Å²) in [4.78, 5) is 36.3. The third kappa shape index (κ3) is 2.94. The van der Waals surface area contributed by atoms with Crippen molar-refractivity contribution in [3.8, 4) is 0 Å². The highest BCUT2D eigenvalue weighted by atomic mass is 32.1. The van der Waals surface area contributed by atoms with Crippen LogP contribution in [0.1, 0.15) is 44.4 Å². The fourth-order valence-electron chi connectivity index (χ4n) is 3.61. The second-order valence-corrected chi connectivity index (χ2v) is 7.39. The Morgan fingerprint density at radius 1 is 1.19 bits per heavy atom. The Kier molecular flexibility index (Phi) is 4.38. The molecule has 3 aromatic heterocycles. The minimum absolute atomic E-state index is 0.00427. The molecule has 7 heteroatoms. The summed E-state index contributed by atoms with van der Waals surface area (Å²) < 4.78 is 0. The van der Waals surface area contributed by atoms with Crippen molar-refractivity contribution < 1.29 is 9.59 Å². The summed E-state index contributed by atoms with van der Waals surface area (Å²) in [5.74, 6) is -0.356. The molecular formula is C19H18N4O2S. The van der Waals surface area contributed by atoms with Crippen LogP contribution in [0.2, 0.25) is 0 Å². The highest BCUT2D eigenvalue weighted by molar-refractivity contribution is 7.20. The van der Waals surface area contributed by atoms with E-state index in [9.17, 15) is 9.59 Å². The Bertz CT molecular complexity index is 970. The van der Waals surface area contributed by atoms with E-state index in [1.807, 2.05) is 17.0 Å². The maximum absolute atomic E-state index is 12.8. The number of likely N-dealkylation sites (tertiary alicyclic amines) is 1. The van der Waals surface area contributed by atoms with E-state index in [0.717, 1.165) is 28.6 Å². The molecule has 0 spiro atoms. The lowest BCUT2D eigenvalue weighted by Crippen LogP contribution is -2.39. The molecule has 1 aliphatic rings. The molecule has 4 rings (SSSR count). The number of nitrogens with two attached hydrogens (primary N) is 1. The maximum atomic E-state index is 12.8. The lowest BCUT2D eigenvalue weighted by molar-refractivity contribution is 0.0707. The molecule has 1 aliphatic heterocycles. The fourth-order valence-corrected chi connectivity index (χ4v) is 4.70. The molecule has 0 saturated carbocycles. The number of amides is 2. The molecule has 0 unspecified atom stereocenters. The number of nitrogens with zero attached hydrogens (tertiary/aromatic N) is 3. The average molecular weight is 366 g/mol. The zero-order valence-electron chi connectivity index (χ0n) is 14.1. The van der Waals surface area contributed by atoms with Gasteiger partial charge in [0.2, 0.25) is 0 Å². The van der Waals surface area contributed by atoms with Gasteiger partial charge in [0.1, 0.15) is 4.83 Å². The molecule has 26 heavy (non-hydrogen) atoms. The van der Waals surface area contributed by atoms with Crippen LogP contribution < -0.4 is 5.73 Å². The summed E-state index contributed by atoms with van der Waals surface area (Å²) in [5.41, 5.74) is 7.20. The molecule has 3 aromatic rings. The van der Waals surface area contributed by atoms with Gasteiger partial charge in [0, 0.05) is 48.5 Å². The third-order valence-electron chi connectivity index (χ3n) is 4.77. The summed E-state index contributed by atoms with van der Waals surface area (Å²) in [6.45, 7) is 1.28. The number of primary amides is 1. The SMILES string of the molecule is NC(=O)c1sc2ncccc2c1[C@@H]1CCCN(C(=O)c2ccncc2)C1. The maximum Gasteiger partial charge on any atom is 0.259 e. The van der Waals surface area contributed by atoms with Crippen LogP contribution >= 0.6 is 11.3 Å². The number of carbonyl (C=O) groups is 2. The topological polar surface area (TPSA) is 89.2 Å². The first-order valence-electron chi connectivity index (χ1n) is 8.51. The molecule has 2 N–H and O–H groups in total. The van der Waals surface area contributed by atoms with E-state index >= 15 is 0 Å². The van der Waals surface area contributed by atoms with E-state index in [1.54, 1.807) is 30.7 Å². The van der Waals surface area contributed by atoms with E-state index in [1.165, 1.54) is 11.3 Å². The summed E-state index contributed by atoms with van der Waals surface area (Å²) in [6, 6.07) is 7.30. The van der Waals surface area contributed by atoms with Crippen molar-refractivity contribution >= 4 is 33.4 Å². The fraction of sp³-hybridized carbons (Fsp3) is 0.263. The van der Waals surface area contributed by atoms with Crippen LogP contribution in [-0.4, -0.2) is 39.8 Å². The van der Waals surface area contributed by atoms with Crippen molar-refractivity contribution in [1.29, 1.82) is 0 Å². The molecule has 0 aromatic carbocycles. The molecule has 2 amide bonds. The largest absolute Gasteiger partial charge is 0.365 e. The van der Waals surface area contributed by atoms with Gasteiger partial charge in [-0.25, -0.2) is 4.98 Å². The van der Waals surface area contributed by atoms with Gasteiger partial charge in [-0.1, -0.05) is 6.07 Å². The Balaban J connectivity index is 1.68. The van der Waals surface area contributed by atoms with Crippen LogP contribution in [0.4, 0.5) is 0 Å². The normalized spacial score (nSPS) is 17.4. The molecule has 6 nitrogen and oxygen atoms in total.